The Morgan fingerprint density at radius 2 is 2.29 bits per heavy atom. The minimum Gasteiger partial charge on any atom is -0.463 e. The summed E-state index contributed by atoms with van der Waals surface area (Å²) in [7, 11) is 0. The van der Waals surface area contributed by atoms with Crippen LogP contribution in [0.2, 0.25) is 0 Å². The summed E-state index contributed by atoms with van der Waals surface area (Å²) in [5, 5.41) is 1.09. The number of ether oxygens (including phenoxy) is 1. The number of carbonyl (C=O) groups excluding carboxylic acids is 1. The van der Waals surface area contributed by atoms with Gasteiger partial charge in [0.2, 0.25) is 0 Å². The Bertz CT molecular complexity index is 454. The topological polar surface area (TPSA) is 39.2 Å². The van der Waals surface area contributed by atoms with E-state index >= 15 is 0 Å². The number of nitrogens with zero attached hydrogens (tertiary/aromatic N) is 1. The molecule has 0 fully saturated rings. The van der Waals surface area contributed by atoms with Gasteiger partial charge in [0.15, 0.2) is 0 Å². The van der Waals surface area contributed by atoms with Crippen LogP contribution in [0.25, 0.3) is 10.9 Å². The monoisotopic (exact) mass is 187 g/mol. The van der Waals surface area contributed by atoms with Crippen LogP contribution in [-0.2, 0) is 16.1 Å². The van der Waals surface area contributed by atoms with Crippen molar-refractivity contribution in [2.24, 2.45) is 0 Å². The molecule has 1 aromatic heterocycles. The number of hydrogen-bond donors (Lipinski definition) is 0. The second kappa shape index (κ2) is 3.87. The first-order chi connectivity index (χ1) is 6.90. The SMILES string of the molecule is O=COCc1ccc2cccnc2c1. The van der Waals surface area contributed by atoms with Gasteiger partial charge < -0.3 is 4.74 Å². The number of rotatable bonds is 3. The second-order valence-corrected chi connectivity index (χ2v) is 2.94. The number of fused-ring (bicyclic) bond motifs is 1. The maximum atomic E-state index is 10.0. The van der Waals surface area contributed by atoms with Crippen LogP contribution in [0.15, 0.2) is 36.5 Å². The molecule has 0 aliphatic heterocycles. The van der Waals surface area contributed by atoms with Gasteiger partial charge in [-0.3, -0.25) is 9.78 Å². The predicted octanol–water partition coefficient (Wildman–Crippen LogP) is 1.91. The van der Waals surface area contributed by atoms with Gasteiger partial charge >= 0.3 is 0 Å². The molecule has 2 aromatic rings. The van der Waals surface area contributed by atoms with Crippen LogP contribution in [0.1, 0.15) is 5.56 Å². The van der Waals surface area contributed by atoms with Gasteiger partial charge in [-0.25, -0.2) is 0 Å². The van der Waals surface area contributed by atoms with E-state index in [4.69, 9.17) is 0 Å². The fourth-order valence-corrected chi connectivity index (χ4v) is 1.33. The quantitative estimate of drug-likeness (QED) is 0.689. The molecular weight excluding hydrogens is 178 g/mol. The summed E-state index contributed by atoms with van der Waals surface area (Å²) in [6, 6.07) is 9.69. The van der Waals surface area contributed by atoms with E-state index in [9.17, 15) is 4.79 Å². The lowest BCUT2D eigenvalue weighted by molar-refractivity contribution is -0.129. The van der Waals surface area contributed by atoms with Crippen LogP contribution < -0.4 is 0 Å². The van der Waals surface area contributed by atoms with Crippen molar-refractivity contribution in [3.63, 3.8) is 0 Å². The first-order valence-electron chi connectivity index (χ1n) is 4.29. The van der Waals surface area contributed by atoms with E-state index in [2.05, 4.69) is 9.72 Å². The fraction of sp³-hybridized carbons (Fsp3) is 0.0909. The standard InChI is InChI=1S/C11H9NO2/c13-8-14-7-9-3-4-10-2-1-5-12-11(10)6-9/h1-6,8H,7H2. The van der Waals surface area contributed by atoms with Crippen LogP contribution in [0.5, 0.6) is 0 Å². The molecule has 0 N–H and O–H groups in total. The summed E-state index contributed by atoms with van der Waals surface area (Å²) in [5.74, 6) is 0. The molecule has 1 aromatic carbocycles. The Hall–Kier alpha value is -1.90. The molecule has 0 saturated carbocycles. The zero-order valence-corrected chi connectivity index (χ0v) is 7.51. The maximum Gasteiger partial charge on any atom is 0.293 e. The van der Waals surface area contributed by atoms with Crippen LogP contribution in [0.4, 0.5) is 0 Å². The molecule has 0 amide bonds. The van der Waals surface area contributed by atoms with Crippen molar-refractivity contribution >= 4 is 17.4 Å². The highest BCUT2D eigenvalue weighted by Gasteiger charge is 1.96. The van der Waals surface area contributed by atoms with E-state index in [1.54, 1.807) is 6.20 Å². The number of benzene rings is 1. The van der Waals surface area contributed by atoms with Gasteiger partial charge in [0.05, 0.1) is 5.52 Å². The average molecular weight is 187 g/mol. The molecule has 0 saturated heterocycles. The third-order valence-corrected chi connectivity index (χ3v) is 1.99. The summed E-state index contributed by atoms with van der Waals surface area (Å²) < 4.78 is 4.66. The second-order valence-electron chi connectivity index (χ2n) is 2.94. The molecule has 0 bridgehead atoms. The molecule has 70 valence electrons. The number of pyridine rings is 1. The number of aromatic nitrogens is 1. The van der Waals surface area contributed by atoms with Gasteiger partial charge in [-0.05, 0) is 17.7 Å². The Kier molecular flexibility index (Phi) is 2.40. The van der Waals surface area contributed by atoms with Gasteiger partial charge in [0.1, 0.15) is 6.61 Å². The number of hydrogen-bond acceptors (Lipinski definition) is 3. The molecule has 3 nitrogen and oxygen atoms in total. The van der Waals surface area contributed by atoms with Crippen molar-refractivity contribution < 1.29 is 9.53 Å². The van der Waals surface area contributed by atoms with Gasteiger partial charge in [-0.1, -0.05) is 18.2 Å². The van der Waals surface area contributed by atoms with Gasteiger partial charge in [-0.2, -0.15) is 0 Å². The van der Waals surface area contributed by atoms with Crippen LogP contribution >= 0.6 is 0 Å². The maximum absolute atomic E-state index is 10.0. The third kappa shape index (κ3) is 1.71. The minimum absolute atomic E-state index is 0.302. The van der Waals surface area contributed by atoms with E-state index in [1.165, 1.54) is 0 Å². The summed E-state index contributed by atoms with van der Waals surface area (Å²) in [6.07, 6.45) is 1.74. The van der Waals surface area contributed by atoms with E-state index in [0.717, 1.165) is 16.5 Å². The van der Waals surface area contributed by atoms with Crippen molar-refractivity contribution in [2.75, 3.05) is 0 Å². The largest absolute Gasteiger partial charge is 0.463 e. The van der Waals surface area contributed by atoms with E-state index in [0.29, 0.717) is 13.1 Å². The van der Waals surface area contributed by atoms with Gasteiger partial charge in [-0.15, -0.1) is 0 Å². The zero-order valence-electron chi connectivity index (χ0n) is 7.51. The lowest BCUT2D eigenvalue weighted by Gasteiger charge is -2.01. The molecule has 0 spiro atoms. The smallest absolute Gasteiger partial charge is 0.293 e. The predicted molar refractivity (Wildman–Crippen MR) is 52.6 cm³/mol. The lowest BCUT2D eigenvalue weighted by atomic mass is 10.1. The van der Waals surface area contributed by atoms with E-state index in [1.807, 2.05) is 30.3 Å². The van der Waals surface area contributed by atoms with Crippen molar-refractivity contribution in [3.05, 3.63) is 42.1 Å². The number of carbonyl (C=O) groups is 1. The summed E-state index contributed by atoms with van der Waals surface area (Å²) in [6.45, 7) is 0.749. The van der Waals surface area contributed by atoms with Gasteiger partial charge in [0.25, 0.3) is 6.47 Å². The molecule has 0 unspecified atom stereocenters. The van der Waals surface area contributed by atoms with E-state index < -0.39 is 0 Å². The highest BCUT2D eigenvalue weighted by atomic mass is 16.5. The molecule has 3 heteroatoms. The Morgan fingerprint density at radius 1 is 1.36 bits per heavy atom. The highest BCUT2D eigenvalue weighted by Crippen LogP contribution is 2.13. The fourth-order valence-electron chi connectivity index (χ4n) is 1.33. The molecule has 14 heavy (non-hydrogen) atoms. The molecule has 1 heterocycles. The Balaban J connectivity index is 2.36. The Morgan fingerprint density at radius 3 is 3.14 bits per heavy atom. The minimum atomic E-state index is 0.302. The van der Waals surface area contributed by atoms with Crippen molar-refractivity contribution in [2.45, 2.75) is 6.61 Å². The summed E-state index contributed by atoms with van der Waals surface area (Å²) >= 11 is 0. The molecule has 0 aliphatic rings. The molecule has 0 aliphatic carbocycles. The van der Waals surface area contributed by atoms with Crippen LogP contribution in [0.3, 0.4) is 0 Å². The van der Waals surface area contributed by atoms with Crippen molar-refractivity contribution in [3.8, 4) is 0 Å². The molecule has 0 atom stereocenters. The van der Waals surface area contributed by atoms with Crippen molar-refractivity contribution in [1.82, 2.24) is 4.98 Å². The molecule has 0 radical (unpaired) electrons. The summed E-state index contributed by atoms with van der Waals surface area (Å²) in [5.41, 5.74) is 1.86. The Labute approximate surface area is 81.3 Å². The lowest BCUT2D eigenvalue weighted by Crippen LogP contribution is -1.90. The molecule has 2 rings (SSSR count). The van der Waals surface area contributed by atoms with Crippen molar-refractivity contribution in [1.29, 1.82) is 0 Å². The summed E-state index contributed by atoms with van der Waals surface area (Å²) in [4.78, 5) is 14.2. The average Bonchev–Trinajstić information content (AvgIpc) is 2.26. The molecular formula is C11H9NO2. The van der Waals surface area contributed by atoms with Gasteiger partial charge in [0, 0.05) is 11.6 Å². The highest BCUT2D eigenvalue weighted by molar-refractivity contribution is 5.78. The van der Waals surface area contributed by atoms with E-state index in [-0.39, 0.29) is 0 Å². The third-order valence-electron chi connectivity index (χ3n) is 1.99. The first-order valence-corrected chi connectivity index (χ1v) is 4.29. The van der Waals surface area contributed by atoms with Crippen LogP contribution in [-0.4, -0.2) is 11.5 Å². The zero-order chi connectivity index (χ0) is 9.80. The van der Waals surface area contributed by atoms with Crippen LogP contribution in [0, 0.1) is 0 Å². The first kappa shape index (κ1) is 8.69. The normalized spacial score (nSPS) is 10.0.